The summed E-state index contributed by atoms with van der Waals surface area (Å²) in [4.78, 5) is 30.5. The van der Waals surface area contributed by atoms with Gasteiger partial charge in [0.15, 0.2) is 0 Å². The summed E-state index contributed by atoms with van der Waals surface area (Å²) in [5, 5.41) is 16.7. The Kier molecular flexibility index (Phi) is 5.36. The average molecular weight is 363 g/mol. The number of rotatable bonds is 6. The standard InChI is InChI=1S/C19H17N5O3/c1-13-10-18(22-12-17(13)24(26)27)21-11-14-2-4-15(5-3-14)19(25)23-16-6-8-20-9-7-16/h2-10,12H,11H2,1H3,(H,21,22)(H,20,23,25). The molecule has 0 spiro atoms. The van der Waals surface area contributed by atoms with Crippen molar-refractivity contribution in [3.05, 3.63) is 87.9 Å². The van der Waals surface area contributed by atoms with Gasteiger partial charge in [-0.2, -0.15) is 0 Å². The monoisotopic (exact) mass is 363 g/mol. The van der Waals surface area contributed by atoms with Crippen LogP contribution in [0.15, 0.2) is 61.1 Å². The molecule has 0 unspecified atom stereocenters. The third-order valence-corrected chi connectivity index (χ3v) is 3.91. The third kappa shape index (κ3) is 4.63. The van der Waals surface area contributed by atoms with Crippen LogP contribution >= 0.6 is 0 Å². The van der Waals surface area contributed by atoms with Crippen molar-refractivity contribution in [2.24, 2.45) is 0 Å². The van der Waals surface area contributed by atoms with Gasteiger partial charge in [-0.05, 0) is 42.8 Å². The normalized spacial score (nSPS) is 10.3. The summed E-state index contributed by atoms with van der Waals surface area (Å²) in [5.41, 5.74) is 2.71. The van der Waals surface area contributed by atoms with Gasteiger partial charge in [-0.1, -0.05) is 12.1 Å². The molecule has 2 N–H and O–H groups in total. The molecule has 1 aromatic carbocycles. The van der Waals surface area contributed by atoms with E-state index in [0.29, 0.717) is 29.2 Å². The van der Waals surface area contributed by atoms with Crippen LogP contribution in [0.4, 0.5) is 17.2 Å². The number of amides is 1. The summed E-state index contributed by atoms with van der Waals surface area (Å²) in [7, 11) is 0. The largest absolute Gasteiger partial charge is 0.366 e. The molecule has 0 saturated heterocycles. The first kappa shape index (κ1) is 18.0. The number of nitrogens with one attached hydrogen (secondary N) is 2. The summed E-state index contributed by atoms with van der Waals surface area (Å²) in [5.74, 6) is 0.353. The van der Waals surface area contributed by atoms with Crippen LogP contribution in [0.1, 0.15) is 21.5 Å². The van der Waals surface area contributed by atoms with Gasteiger partial charge < -0.3 is 10.6 Å². The Labute approximate surface area is 155 Å². The Morgan fingerprint density at radius 1 is 1.15 bits per heavy atom. The Hall–Kier alpha value is -3.81. The van der Waals surface area contributed by atoms with E-state index in [1.165, 1.54) is 6.20 Å². The van der Waals surface area contributed by atoms with Crippen molar-refractivity contribution in [1.82, 2.24) is 9.97 Å². The van der Waals surface area contributed by atoms with Gasteiger partial charge >= 0.3 is 0 Å². The zero-order valence-electron chi connectivity index (χ0n) is 14.5. The molecule has 2 heterocycles. The molecule has 0 aliphatic carbocycles. The van der Waals surface area contributed by atoms with Crippen LogP contribution in [0.2, 0.25) is 0 Å². The highest BCUT2D eigenvalue weighted by Crippen LogP contribution is 2.19. The molecule has 8 heteroatoms. The number of carbonyl (C=O) groups excluding carboxylic acids is 1. The van der Waals surface area contributed by atoms with Gasteiger partial charge in [0.1, 0.15) is 12.0 Å². The van der Waals surface area contributed by atoms with Gasteiger partial charge in [-0.3, -0.25) is 19.9 Å². The fourth-order valence-corrected chi connectivity index (χ4v) is 2.44. The Bertz CT molecular complexity index is 959. The van der Waals surface area contributed by atoms with Crippen LogP contribution < -0.4 is 10.6 Å². The number of hydrogen-bond acceptors (Lipinski definition) is 6. The van der Waals surface area contributed by atoms with Gasteiger partial charge in [0.2, 0.25) is 0 Å². The van der Waals surface area contributed by atoms with Crippen molar-refractivity contribution in [2.45, 2.75) is 13.5 Å². The molecule has 0 aliphatic heterocycles. The predicted octanol–water partition coefficient (Wildman–Crippen LogP) is 3.56. The smallest absolute Gasteiger partial charge is 0.290 e. The SMILES string of the molecule is Cc1cc(NCc2ccc(C(=O)Nc3ccncc3)cc2)ncc1[N+](=O)[O-]. The first-order chi connectivity index (χ1) is 13.0. The molecule has 2 aromatic heterocycles. The van der Waals surface area contributed by atoms with Crippen LogP contribution in [0.5, 0.6) is 0 Å². The number of aromatic nitrogens is 2. The first-order valence-corrected chi connectivity index (χ1v) is 8.18. The van der Waals surface area contributed by atoms with Crippen molar-refractivity contribution in [2.75, 3.05) is 10.6 Å². The quantitative estimate of drug-likeness (QED) is 0.512. The maximum absolute atomic E-state index is 12.2. The molecule has 8 nitrogen and oxygen atoms in total. The van der Waals surface area contributed by atoms with E-state index < -0.39 is 4.92 Å². The highest BCUT2D eigenvalue weighted by atomic mass is 16.6. The van der Waals surface area contributed by atoms with Crippen molar-refractivity contribution in [3.63, 3.8) is 0 Å². The number of benzene rings is 1. The second-order valence-electron chi connectivity index (χ2n) is 5.85. The maximum Gasteiger partial charge on any atom is 0.290 e. The van der Waals surface area contributed by atoms with E-state index in [0.717, 1.165) is 5.56 Å². The first-order valence-electron chi connectivity index (χ1n) is 8.18. The highest BCUT2D eigenvalue weighted by molar-refractivity contribution is 6.04. The van der Waals surface area contributed by atoms with Crippen molar-refractivity contribution in [1.29, 1.82) is 0 Å². The number of carbonyl (C=O) groups is 1. The molecule has 0 fully saturated rings. The molecular formula is C19H17N5O3. The fraction of sp³-hybridized carbons (Fsp3) is 0.105. The van der Waals surface area contributed by atoms with Crippen LogP contribution in [0.25, 0.3) is 0 Å². The molecule has 27 heavy (non-hydrogen) atoms. The lowest BCUT2D eigenvalue weighted by molar-refractivity contribution is -0.385. The van der Waals surface area contributed by atoms with Crippen LogP contribution in [0, 0.1) is 17.0 Å². The van der Waals surface area contributed by atoms with E-state index in [1.807, 2.05) is 12.1 Å². The summed E-state index contributed by atoms with van der Waals surface area (Å²) in [6, 6.07) is 12.2. The Morgan fingerprint density at radius 2 is 1.85 bits per heavy atom. The molecule has 0 bridgehead atoms. The second kappa shape index (κ2) is 8.05. The minimum atomic E-state index is -0.457. The molecule has 0 saturated carbocycles. The highest BCUT2D eigenvalue weighted by Gasteiger charge is 2.11. The minimum absolute atomic E-state index is 0.00915. The Balaban J connectivity index is 1.60. The summed E-state index contributed by atoms with van der Waals surface area (Å²) in [6.45, 7) is 2.15. The minimum Gasteiger partial charge on any atom is -0.366 e. The van der Waals surface area contributed by atoms with Crippen molar-refractivity contribution >= 4 is 23.1 Å². The molecule has 136 valence electrons. The molecule has 0 atom stereocenters. The Morgan fingerprint density at radius 3 is 2.48 bits per heavy atom. The average Bonchev–Trinajstić information content (AvgIpc) is 2.67. The summed E-state index contributed by atoms with van der Waals surface area (Å²) < 4.78 is 0. The van der Waals surface area contributed by atoms with Gasteiger partial charge in [0, 0.05) is 35.8 Å². The van der Waals surface area contributed by atoms with E-state index in [4.69, 9.17) is 0 Å². The van der Waals surface area contributed by atoms with Crippen LogP contribution in [0.3, 0.4) is 0 Å². The number of nitro groups is 1. The molecule has 3 rings (SSSR count). The van der Waals surface area contributed by atoms with E-state index in [2.05, 4.69) is 20.6 Å². The molecular weight excluding hydrogens is 346 g/mol. The van der Waals surface area contributed by atoms with E-state index >= 15 is 0 Å². The molecule has 0 radical (unpaired) electrons. The number of anilines is 2. The van der Waals surface area contributed by atoms with E-state index in [1.54, 1.807) is 49.6 Å². The van der Waals surface area contributed by atoms with Gasteiger partial charge in [-0.15, -0.1) is 0 Å². The fourth-order valence-electron chi connectivity index (χ4n) is 2.44. The van der Waals surface area contributed by atoms with Gasteiger partial charge in [-0.25, -0.2) is 4.98 Å². The number of nitrogens with zero attached hydrogens (tertiary/aromatic N) is 3. The summed E-state index contributed by atoms with van der Waals surface area (Å²) >= 11 is 0. The second-order valence-corrected chi connectivity index (χ2v) is 5.85. The lowest BCUT2D eigenvalue weighted by Crippen LogP contribution is -2.12. The zero-order chi connectivity index (χ0) is 19.2. The number of pyridine rings is 2. The predicted molar refractivity (Wildman–Crippen MR) is 102 cm³/mol. The zero-order valence-corrected chi connectivity index (χ0v) is 14.5. The van der Waals surface area contributed by atoms with E-state index in [-0.39, 0.29) is 11.6 Å². The van der Waals surface area contributed by atoms with Crippen LogP contribution in [-0.4, -0.2) is 20.8 Å². The lowest BCUT2D eigenvalue weighted by Gasteiger charge is -2.08. The molecule has 3 aromatic rings. The molecule has 1 amide bonds. The lowest BCUT2D eigenvalue weighted by atomic mass is 10.1. The number of hydrogen-bond donors (Lipinski definition) is 2. The van der Waals surface area contributed by atoms with Crippen LogP contribution in [-0.2, 0) is 6.54 Å². The number of aryl methyl sites for hydroxylation is 1. The summed E-state index contributed by atoms with van der Waals surface area (Å²) in [6.07, 6.45) is 4.46. The van der Waals surface area contributed by atoms with Crippen molar-refractivity contribution < 1.29 is 9.72 Å². The maximum atomic E-state index is 12.2. The molecule has 0 aliphatic rings. The third-order valence-electron chi connectivity index (χ3n) is 3.91. The van der Waals surface area contributed by atoms with E-state index in [9.17, 15) is 14.9 Å². The van der Waals surface area contributed by atoms with Gasteiger partial charge in [0.25, 0.3) is 11.6 Å². The van der Waals surface area contributed by atoms with Crippen molar-refractivity contribution in [3.8, 4) is 0 Å². The van der Waals surface area contributed by atoms with Gasteiger partial charge in [0.05, 0.1) is 4.92 Å². The topological polar surface area (TPSA) is 110 Å².